The highest BCUT2D eigenvalue weighted by Crippen LogP contribution is 2.48. The molecule has 202 valence electrons. The first-order chi connectivity index (χ1) is 17.4. The molecule has 1 aromatic carbocycles. The van der Waals surface area contributed by atoms with Crippen LogP contribution >= 0.6 is 7.26 Å². The molecule has 3 heterocycles. The van der Waals surface area contributed by atoms with Crippen molar-refractivity contribution in [3.05, 3.63) is 52.8 Å². The number of likely N-dealkylation sites (tertiary alicyclic amines) is 1. The summed E-state index contributed by atoms with van der Waals surface area (Å²) in [5, 5.41) is 7.66. The van der Waals surface area contributed by atoms with Gasteiger partial charge in [-0.2, -0.15) is 0 Å². The van der Waals surface area contributed by atoms with E-state index in [1.807, 2.05) is 0 Å². The molecule has 1 fully saturated rings. The van der Waals surface area contributed by atoms with Gasteiger partial charge in [0.05, 0.1) is 29.4 Å². The number of aryl methyl sites for hydroxylation is 3. The molecule has 4 rings (SSSR count). The van der Waals surface area contributed by atoms with Crippen molar-refractivity contribution in [3.8, 4) is 0 Å². The summed E-state index contributed by atoms with van der Waals surface area (Å²) < 4.78 is 2.33. The van der Waals surface area contributed by atoms with E-state index in [9.17, 15) is 0 Å². The van der Waals surface area contributed by atoms with Gasteiger partial charge in [-0.25, -0.2) is 4.98 Å². The number of rotatable bonds is 10. The molecule has 0 radical (unpaired) electrons. The first-order valence-corrected chi connectivity index (χ1v) is 17.2. The molecule has 2 aromatic heterocycles. The average Bonchev–Trinajstić information content (AvgIpc) is 3.14. The Bertz CT molecular complexity index is 1200. The number of aromatic nitrogens is 3. The summed E-state index contributed by atoms with van der Waals surface area (Å²) in [6.07, 6.45) is 3.56. The third-order valence-corrected chi connectivity index (χ3v) is 9.19. The average molecular weight is 524 g/mol. The summed E-state index contributed by atoms with van der Waals surface area (Å²) in [5.41, 5.74) is 7.08. The van der Waals surface area contributed by atoms with Crippen molar-refractivity contribution < 1.29 is 0 Å². The predicted molar refractivity (Wildman–Crippen MR) is 162 cm³/mol. The van der Waals surface area contributed by atoms with E-state index in [2.05, 4.69) is 105 Å². The molecular weight excluding hydrogens is 475 g/mol. The van der Waals surface area contributed by atoms with E-state index in [4.69, 9.17) is 9.97 Å². The highest BCUT2D eigenvalue weighted by molar-refractivity contribution is 7.73. The van der Waals surface area contributed by atoms with Gasteiger partial charge >= 0.3 is 0 Å². The third-order valence-electron chi connectivity index (χ3n) is 7.45. The first kappa shape index (κ1) is 28.0. The lowest BCUT2D eigenvalue weighted by Gasteiger charge is -2.34. The number of nitrogens with zero attached hydrogens (tertiary/aromatic N) is 4. The molecule has 2 N–H and O–H groups in total. The number of nitrogens with one attached hydrogen (secondary N) is 2. The van der Waals surface area contributed by atoms with Crippen LogP contribution in [0.4, 0.5) is 5.95 Å². The zero-order chi connectivity index (χ0) is 26.8. The van der Waals surface area contributed by atoms with Gasteiger partial charge < -0.3 is 20.1 Å². The summed E-state index contributed by atoms with van der Waals surface area (Å²) in [7, 11) is -0.794. The normalized spacial score (nSPS) is 16.0. The summed E-state index contributed by atoms with van der Waals surface area (Å²) in [6.45, 7) is 23.5. The Labute approximate surface area is 225 Å². The standard InChI is InChI=1S/C30H48N6P/c1-22-12-13-24(3)32-26(22)20-36-27-11-9-10-23(2)28(27)34-29(36)33-25-14-17-35(18-15-25)19-16-31-30(4,5)21-37(6,7)8/h9-13,25,31H,14-21H2,1-8H3,(H,33,34)/q+1. The molecule has 1 aliphatic rings. The van der Waals surface area contributed by atoms with Gasteiger partial charge in [-0.15, -0.1) is 0 Å². The van der Waals surface area contributed by atoms with Gasteiger partial charge in [0.2, 0.25) is 5.95 Å². The van der Waals surface area contributed by atoms with Crippen LogP contribution in [0.25, 0.3) is 11.0 Å². The van der Waals surface area contributed by atoms with Crippen molar-refractivity contribution in [1.82, 2.24) is 24.8 Å². The quantitative estimate of drug-likeness (QED) is 0.341. The molecule has 0 spiro atoms. The fourth-order valence-electron chi connectivity index (χ4n) is 5.82. The Balaban J connectivity index is 1.39. The SMILES string of the molecule is Cc1ccc(C)c(Cn2c(NC3CCN(CCNC(C)(C)C[P+](C)(C)C)CC3)nc3c(C)cccc32)n1. The zero-order valence-electron chi connectivity index (χ0n) is 24.4. The second-order valence-corrected chi connectivity index (χ2v) is 17.6. The molecule has 1 saturated heterocycles. The summed E-state index contributed by atoms with van der Waals surface area (Å²) in [6, 6.07) is 11.2. The van der Waals surface area contributed by atoms with E-state index in [0.29, 0.717) is 6.04 Å². The molecule has 0 amide bonds. The second-order valence-electron chi connectivity index (χ2n) is 12.7. The van der Waals surface area contributed by atoms with Crippen LogP contribution in [0, 0.1) is 20.8 Å². The van der Waals surface area contributed by atoms with Crippen molar-refractivity contribution >= 4 is 24.2 Å². The maximum Gasteiger partial charge on any atom is 0.204 e. The van der Waals surface area contributed by atoms with E-state index in [1.165, 1.54) is 22.8 Å². The molecule has 0 saturated carbocycles. The Morgan fingerprint density at radius 3 is 2.41 bits per heavy atom. The fraction of sp³-hybridized carbons (Fsp3) is 0.600. The van der Waals surface area contributed by atoms with Crippen LogP contribution in [-0.2, 0) is 6.54 Å². The largest absolute Gasteiger partial charge is 0.353 e. The molecule has 0 atom stereocenters. The summed E-state index contributed by atoms with van der Waals surface area (Å²) >= 11 is 0. The van der Waals surface area contributed by atoms with Crippen LogP contribution in [0.2, 0.25) is 0 Å². The highest BCUT2D eigenvalue weighted by Gasteiger charge is 2.30. The van der Waals surface area contributed by atoms with Crippen LogP contribution in [0.1, 0.15) is 49.2 Å². The van der Waals surface area contributed by atoms with Crippen molar-refractivity contribution in [2.45, 2.75) is 65.6 Å². The number of hydrogen-bond acceptors (Lipinski definition) is 5. The maximum atomic E-state index is 5.08. The monoisotopic (exact) mass is 523 g/mol. The molecule has 0 aliphatic carbocycles. The van der Waals surface area contributed by atoms with Gasteiger partial charge in [-0.05, 0) is 70.7 Å². The molecular formula is C30H48N6P+. The predicted octanol–water partition coefficient (Wildman–Crippen LogP) is 5.56. The Kier molecular flexibility index (Phi) is 8.62. The first-order valence-electron chi connectivity index (χ1n) is 13.8. The van der Waals surface area contributed by atoms with Crippen molar-refractivity contribution in [1.29, 1.82) is 0 Å². The topological polar surface area (TPSA) is 58.0 Å². The molecule has 0 unspecified atom stereocenters. The van der Waals surface area contributed by atoms with Gasteiger partial charge in [0.1, 0.15) is 0 Å². The van der Waals surface area contributed by atoms with Gasteiger partial charge in [0.15, 0.2) is 0 Å². The van der Waals surface area contributed by atoms with Gasteiger partial charge in [-0.3, -0.25) is 4.98 Å². The van der Waals surface area contributed by atoms with E-state index < -0.39 is 7.26 Å². The lowest BCUT2D eigenvalue weighted by atomic mass is 10.1. The van der Waals surface area contributed by atoms with Gasteiger partial charge in [0.25, 0.3) is 0 Å². The minimum Gasteiger partial charge on any atom is -0.353 e. The molecule has 37 heavy (non-hydrogen) atoms. The minimum absolute atomic E-state index is 0.216. The summed E-state index contributed by atoms with van der Waals surface area (Å²) in [4.78, 5) is 12.5. The number of anilines is 1. The number of imidazole rings is 1. The van der Waals surface area contributed by atoms with E-state index in [-0.39, 0.29) is 5.54 Å². The molecule has 7 heteroatoms. The maximum absolute atomic E-state index is 5.08. The minimum atomic E-state index is -0.794. The van der Waals surface area contributed by atoms with Crippen LogP contribution in [-0.4, -0.2) is 83.4 Å². The second kappa shape index (κ2) is 11.4. The van der Waals surface area contributed by atoms with Gasteiger partial charge in [0, 0.05) is 70.7 Å². The number of hydrogen-bond donors (Lipinski definition) is 2. The number of pyridine rings is 1. The Morgan fingerprint density at radius 1 is 0.973 bits per heavy atom. The van der Waals surface area contributed by atoms with Crippen molar-refractivity contribution in [2.75, 3.05) is 57.7 Å². The van der Waals surface area contributed by atoms with Gasteiger partial charge in [-0.1, -0.05) is 18.2 Å². The summed E-state index contributed by atoms with van der Waals surface area (Å²) in [5.74, 6) is 0.972. The molecule has 6 nitrogen and oxygen atoms in total. The number of piperidine rings is 1. The van der Waals surface area contributed by atoms with E-state index in [1.54, 1.807) is 0 Å². The molecule has 0 bridgehead atoms. The van der Waals surface area contributed by atoms with Crippen LogP contribution in [0.3, 0.4) is 0 Å². The number of benzene rings is 1. The molecule has 3 aromatic rings. The Hall–Kier alpha value is -2.01. The van der Waals surface area contributed by atoms with Crippen LogP contribution < -0.4 is 10.6 Å². The Morgan fingerprint density at radius 2 is 1.70 bits per heavy atom. The van der Waals surface area contributed by atoms with Crippen molar-refractivity contribution in [3.63, 3.8) is 0 Å². The smallest absolute Gasteiger partial charge is 0.204 e. The fourth-order valence-corrected chi connectivity index (χ4v) is 8.31. The zero-order valence-corrected chi connectivity index (χ0v) is 25.3. The molecule has 1 aliphatic heterocycles. The lowest BCUT2D eigenvalue weighted by Crippen LogP contribution is -2.48. The number of fused-ring (bicyclic) bond motifs is 1. The third kappa shape index (κ3) is 7.52. The van der Waals surface area contributed by atoms with Crippen LogP contribution in [0.5, 0.6) is 0 Å². The number of para-hydroxylation sites is 1. The van der Waals surface area contributed by atoms with Crippen LogP contribution in [0.15, 0.2) is 30.3 Å². The highest BCUT2D eigenvalue weighted by atomic mass is 31.2. The van der Waals surface area contributed by atoms with Crippen molar-refractivity contribution in [2.24, 2.45) is 0 Å². The lowest BCUT2D eigenvalue weighted by molar-refractivity contribution is 0.213. The van der Waals surface area contributed by atoms with E-state index in [0.717, 1.165) is 68.4 Å². The van der Waals surface area contributed by atoms with E-state index >= 15 is 0 Å².